The summed E-state index contributed by atoms with van der Waals surface area (Å²) in [4.78, 5) is 7.80. The van der Waals surface area contributed by atoms with Crippen LogP contribution in [0.4, 0.5) is 0 Å². The molecule has 0 bridgehead atoms. The van der Waals surface area contributed by atoms with Crippen LogP contribution in [-0.2, 0) is 6.54 Å². The second-order valence-corrected chi connectivity index (χ2v) is 7.17. The summed E-state index contributed by atoms with van der Waals surface area (Å²) in [5, 5.41) is 6.13. The molecule has 4 rings (SSSR count). The Morgan fingerprint density at radius 3 is 2.88 bits per heavy atom. The van der Waals surface area contributed by atoms with Crippen molar-refractivity contribution in [2.75, 3.05) is 19.7 Å². The summed E-state index contributed by atoms with van der Waals surface area (Å²) < 4.78 is 17.3. The fraction of sp³-hybridized carbons (Fsp3) is 0.368. The van der Waals surface area contributed by atoms with Gasteiger partial charge in [-0.25, -0.2) is 0 Å². The number of rotatable bonds is 7. The second kappa shape index (κ2) is 7.88. The fourth-order valence-corrected chi connectivity index (χ4v) is 3.66. The van der Waals surface area contributed by atoms with Gasteiger partial charge in [0.05, 0.1) is 11.4 Å². The van der Waals surface area contributed by atoms with Crippen molar-refractivity contribution in [1.29, 1.82) is 0 Å². The van der Waals surface area contributed by atoms with Crippen LogP contribution in [0, 0.1) is 0 Å². The van der Waals surface area contributed by atoms with Crippen molar-refractivity contribution in [2.45, 2.75) is 26.0 Å². The van der Waals surface area contributed by atoms with Gasteiger partial charge in [0.2, 0.25) is 0 Å². The minimum atomic E-state index is -0.0138. The van der Waals surface area contributed by atoms with Gasteiger partial charge in [0.15, 0.2) is 17.3 Å². The SMILES string of the molecule is CCCN(Cc1noc(-c2cccs2)n1)CC1COc2ccccc2O1. The quantitative estimate of drug-likeness (QED) is 0.629. The molecule has 1 atom stereocenters. The van der Waals surface area contributed by atoms with Crippen LogP contribution in [0.1, 0.15) is 19.2 Å². The largest absolute Gasteiger partial charge is 0.486 e. The molecule has 0 spiro atoms. The first-order valence-corrected chi connectivity index (χ1v) is 9.67. The van der Waals surface area contributed by atoms with Gasteiger partial charge in [-0.05, 0) is 36.5 Å². The number of hydrogen-bond acceptors (Lipinski definition) is 7. The van der Waals surface area contributed by atoms with Gasteiger partial charge in [0, 0.05) is 6.54 Å². The van der Waals surface area contributed by atoms with E-state index >= 15 is 0 Å². The number of benzene rings is 1. The first-order valence-electron chi connectivity index (χ1n) is 8.79. The number of fused-ring (bicyclic) bond motifs is 1. The Morgan fingerprint density at radius 2 is 2.08 bits per heavy atom. The summed E-state index contributed by atoms with van der Waals surface area (Å²) in [6.45, 7) is 5.03. The third-order valence-electron chi connectivity index (χ3n) is 4.13. The zero-order valence-electron chi connectivity index (χ0n) is 14.6. The average Bonchev–Trinajstić information content (AvgIpc) is 3.33. The Morgan fingerprint density at radius 1 is 1.19 bits per heavy atom. The van der Waals surface area contributed by atoms with Crippen LogP contribution in [0.2, 0.25) is 0 Å². The highest BCUT2D eigenvalue weighted by Crippen LogP contribution is 2.31. The molecule has 3 heterocycles. The van der Waals surface area contributed by atoms with Gasteiger partial charge in [0.25, 0.3) is 5.89 Å². The molecule has 0 fully saturated rings. The first kappa shape index (κ1) is 17.1. The van der Waals surface area contributed by atoms with Crippen LogP contribution >= 0.6 is 11.3 Å². The van der Waals surface area contributed by atoms with Crippen LogP contribution in [0.15, 0.2) is 46.3 Å². The van der Waals surface area contributed by atoms with E-state index in [1.807, 2.05) is 41.8 Å². The molecule has 0 saturated heterocycles. The summed E-state index contributed by atoms with van der Waals surface area (Å²) in [7, 11) is 0. The Kier molecular flexibility index (Phi) is 5.17. The van der Waals surface area contributed by atoms with Gasteiger partial charge in [-0.2, -0.15) is 4.98 Å². The highest BCUT2D eigenvalue weighted by atomic mass is 32.1. The van der Waals surface area contributed by atoms with E-state index in [2.05, 4.69) is 22.0 Å². The minimum absolute atomic E-state index is 0.0138. The number of aromatic nitrogens is 2. The van der Waals surface area contributed by atoms with Crippen molar-refractivity contribution in [3.8, 4) is 22.3 Å². The molecule has 3 aromatic rings. The molecule has 1 aromatic carbocycles. The molecule has 1 unspecified atom stereocenters. The Bertz CT molecular complexity index is 834. The smallest absolute Gasteiger partial charge is 0.268 e. The molecule has 136 valence electrons. The summed E-state index contributed by atoms with van der Waals surface area (Å²) in [6, 6.07) is 11.7. The van der Waals surface area contributed by atoms with Crippen molar-refractivity contribution in [3.63, 3.8) is 0 Å². The molecule has 0 aliphatic carbocycles. The van der Waals surface area contributed by atoms with Crippen LogP contribution in [0.25, 0.3) is 10.8 Å². The summed E-state index contributed by atoms with van der Waals surface area (Å²) >= 11 is 1.59. The zero-order valence-corrected chi connectivity index (χ0v) is 15.4. The molecule has 0 radical (unpaired) electrons. The molecule has 0 N–H and O–H groups in total. The highest BCUT2D eigenvalue weighted by Gasteiger charge is 2.24. The van der Waals surface area contributed by atoms with E-state index in [-0.39, 0.29) is 6.10 Å². The number of ether oxygens (including phenoxy) is 2. The lowest BCUT2D eigenvalue weighted by atomic mass is 10.2. The molecule has 2 aromatic heterocycles. The maximum absolute atomic E-state index is 6.08. The van der Waals surface area contributed by atoms with Crippen LogP contribution in [0.3, 0.4) is 0 Å². The molecule has 0 amide bonds. The zero-order chi connectivity index (χ0) is 17.8. The molecule has 0 saturated carbocycles. The van der Waals surface area contributed by atoms with E-state index in [9.17, 15) is 0 Å². The van der Waals surface area contributed by atoms with Gasteiger partial charge < -0.3 is 14.0 Å². The lowest BCUT2D eigenvalue weighted by Gasteiger charge is -2.30. The lowest BCUT2D eigenvalue weighted by molar-refractivity contribution is 0.0555. The predicted octanol–water partition coefficient (Wildman–Crippen LogP) is 3.85. The van der Waals surface area contributed by atoms with E-state index < -0.39 is 0 Å². The number of hydrogen-bond donors (Lipinski definition) is 0. The van der Waals surface area contributed by atoms with Crippen molar-refractivity contribution < 1.29 is 14.0 Å². The van der Waals surface area contributed by atoms with Gasteiger partial charge >= 0.3 is 0 Å². The minimum Gasteiger partial charge on any atom is -0.486 e. The lowest BCUT2D eigenvalue weighted by Crippen LogP contribution is -2.41. The monoisotopic (exact) mass is 371 g/mol. The molecular formula is C19H21N3O3S. The first-order chi connectivity index (χ1) is 12.8. The molecule has 1 aliphatic heterocycles. The van der Waals surface area contributed by atoms with Crippen molar-refractivity contribution >= 4 is 11.3 Å². The van der Waals surface area contributed by atoms with E-state index in [0.29, 0.717) is 24.9 Å². The topological polar surface area (TPSA) is 60.6 Å². The number of nitrogens with zero attached hydrogens (tertiary/aromatic N) is 3. The molecule has 6 nitrogen and oxygen atoms in total. The standard InChI is InChI=1S/C19H21N3O3S/c1-2-9-22(11-14-13-23-15-6-3-4-7-16(15)24-14)12-18-20-19(25-21-18)17-8-5-10-26-17/h3-8,10,14H,2,9,11-13H2,1H3. The summed E-state index contributed by atoms with van der Waals surface area (Å²) in [6.07, 6.45) is 1.03. The van der Waals surface area contributed by atoms with E-state index in [1.165, 1.54) is 0 Å². The van der Waals surface area contributed by atoms with Crippen LogP contribution < -0.4 is 9.47 Å². The molecule has 1 aliphatic rings. The van der Waals surface area contributed by atoms with Crippen molar-refractivity contribution in [3.05, 3.63) is 47.6 Å². The Labute approximate surface area is 156 Å². The molecule has 7 heteroatoms. The highest BCUT2D eigenvalue weighted by molar-refractivity contribution is 7.13. The van der Waals surface area contributed by atoms with Gasteiger partial charge in [-0.1, -0.05) is 30.3 Å². The maximum atomic E-state index is 6.08. The normalized spacial score (nSPS) is 16.2. The third kappa shape index (κ3) is 3.89. The summed E-state index contributed by atoms with van der Waals surface area (Å²) in [5.74, 6) is 2.89. The molecule has 26 heavy (non-hydrogen) atoms. The van der Waals surface area contributed by atoms with Crippen molar-refractivity contribution in [1.82, 2.24) is 15.0 Å². The van der Waals surface area contributed by atoms with E-state index in [1.54, 1.807) is 11.3 Å². The number of thiophene rings is 1. The van der Waals surface area contributed by atoms with E-state index in [4.69, 9.17) is 14.0 Å². The predicted molar refractivity (Wildman–Crippen MR) is 99.5 cm³/mol. The van der Waals surface area contributed by atoms with E-state index in [0.717, 1.165) is 35.9 Å². The Balaban J connectivity index is 1.40. The average molecular weight is 371 g/mol. The van der Waals surface area contributed by atoms with Gasteiger partial charge in [-0.3, -0.25) is 4.90 Å². The van der Waals surface area contributed by atoms with Crippen molar-refractivity contribution in [2.24, 2.45) is 0 Å². The molecular weight excluding hydrogens is 350 g/mol. The van der Waals surface area contributed by atoms with Crippen LogP contribution in [0.5, 0.6) is 11.5 Å². The maximum Gasteiger partial charge on any atom is 0.268 e. The second-order valence-electron chi connectivity index (χ2n) is 6.23. The van der Waals surface area contributed by atoms with Gasteiger partial charge in [0.1, 0.15) is 12.7 Å². The third-order valence-corrected chi connectivity index (χ3v) is 4.99. The van der Waals surface area contributed by atoms with Crippen LogP contribution in [-0.4, -0.2) is 40.8 Å². The summed E-state index contributed by atoms with van der Waals surface area (Å²) in [5.41, 5.74) is 0. The fourth-order valence-electron chi connectivity index (χ4n) is 3.01. The number of para-hydroxylation sites is 2. The Hall–Kier alpha value is -2.38. The van der Waals surface area contributed by atoms with Gasteiger partial charge in [-0.15, -0.1) is 11.3 Å².